The van der Waals surface area contributed by atoms with E-state index in [2.05, 4.69) is 25.8 Å². The molecule has 1 aromatic carbocycles. The lowest BCUT2D eigenvalue weighted by atomic mass is 10.2. The molecule has 0 saturated heterocycles. The molecule has 0 bridgehead atoms. The Kier molecular flexibility index (Phi) is 3.63. The van der Waals surface area contributed by atoms with Gasteiger partial charge in [-0.2, -0.15) is 5.10 Å². The lowest BCUT2D eigenvalue weighted by Gasteiger charge is -2.10. The number of phenolic OH excluding ortho intramolecular Hbond substituents is 1. The van der Waals surface area contributed by atoms with Crippen LogP contribution in [-0.2, 0) is 0 Å². The normalized spacial score (nSPS) is 12.0. The summed E-state index contributed by atoms with van der Waals surface area (Å²) in [5.74, 6) is 4.08. The third kappa shape index (κ3) is 3.30. The molecule has 0 unspecified atom stereocenters. The number of hydrogen-bond acceptors (Lipinski definition) is 4. The number of hydrazone groups is 1. The lowest BCUT2D eigenvalue weighted by Crippen LogP contribution is -2.17. The average molecular weight is 299 g/mol. The molecular weight excluding hydrogens is 293 g/mol. The van der Waals surface area contributed by atoms with Gasteiger partial charge in [-0.25, -0.2) is 0 Å². The fourth-order valence-corrected chi connectivity index (χ4v) is 1.42. The summed E-state index contributed by atoms with van der Waals surface area (Å²) in [6.07, 6.45) is -3.79. The molecule has 0 heterocycles. The highest BCUT2D eigenvalue weighted by Gasteiger charge is 2.31. The van der Waals surface area contributed by atoms with Crippen LogP contribution in [0.25, 0.3) is 0 Å². The van der Waals surface area contributed by atoms with Crippen molar-refractivity contribution in [3.8, 4) is 11.5 Å². The molecule has 0 spiro atoms. The van der Waals surface area contributed by atoms with E-state index in [0.717, 1.165) is 18.3 Å². The topological polar surface area (TPSA) is 67.8 Å². The number of alkyl halides is 3. The van der Waals surface area contributed by atoms with E-state index in [4.69, 9.17) is 5.84 Å². The standard InChI is InChI=1S/C8H6BrF3N2O2/c9-6-2-5(16-8(10,11)12)1-4(3-14-13)7(6)15/h1-3,15H,13H2. The minimum absolute atomic E-state index is 0.0103. The monoisotopic (exact) mass is 298 g/mol. The Labute approximate surface area is 96.6 Å². The number of nitrogens with zero attached hydrogens (tertiary/aromatic N) is 1. The van der Waals surface area contributed by atoms with Crippen molar-refractivity contribution in [2.75, 3.05) is 0 Å². The van der Waals surface area contributed by atoms with Gasteiger partial charge in [-0.3, -0.25) is 0 Å². The van der Waals surface area contributed by atoms with Gasteiger partial charge in [0.15, 0.2) is 0 Å². The Hall–Kier alpha value is -1.44. The first-order valence-electron chi connectivity index (χ1n) is 3.85. The maximum atomic E-state index is 11.9. The summed E-state index contributed by atoms with van der Waals surface area (Å²) < 4.78 is 39.5. The molecule has 3 N–H and O–H groups in total. The third-order valence-electron chi connectivity index (χ3n) is 1.51. The zero-order valence-electron chi connectivity index (χ0n) is 7.62. The van der Waals surface area contributed by atoms with Gasteiger partial charge in [0.2, 0.25) is 0 Å². The molecule has 0 atom stereocenters. The second kappa shape index (κ2) is 4.60. The minimum Gasteiger partial charge on any atom is -0.506 e. The van der Waals surface area contributed by atoms with E-state index < -0.39 is 12.1 Å². The Balaban J connectivity index is 3.14. The molecule has 0 fully saturated rings. The van der Waals surface area contributed by atoms with E-state index >= 15 is 0 Å². The highest BCUT2D eigenvalue weighted by Crippen LogP contribution is 2.33. The molecule has 0 aromatic heterocycles. The average Bonchev–Trinajstić information content (AvgIpc) is 2.11. The summed E-state index contributed by atoms with van der Waals surface area (Å²) in [6, 6.07) is 1.95. The first-order valence-corrected chi connectivity index (χ1v) is 4.64. The number of halogens is 4. The zero-order valence-corrected chi connectivity index (χ0v) is 9.21. The molecule has 88 valence electrons. The number of hydrogen-bond donors (Lipinski definition) is 2. The summed E-state index contributed by atoms with van der Waals surface area (Å²) in [6.45, 7) is 0. The van der Waals surface area contributed by atoms with E-state index in [-0.39, 0.29) is 15.8 Å². The third-order valence-corrected chi connectivity index (χ3v) is 2.12. The summed E-state index contributed by atoms with van der Waals surface area (Å²) >= 11 is 2.87. The zero-order chi connectivity index (χ0) is 12.3. The minimum atomic E-state index is -4.80. The van der Waals surface area contributed by atoms with Gasteiger partial charge in [0.25, 0.3) is 0 Å². The van der Waals surface area contributed by atoms with Crippen molar-refractivity contribution in [3.05, 3.63) is 22.2 Å². The van der Waals surface area contributed by atoms with E-state index in [1.807, 2.05) is 0 Å². The number of phenols is 1. The number of rotatable bonds is 2. The van der Waals surface area contributed by atoms with Gasteiger partial charge in [0.1, 0.15) is 11.5 Å². The van der Waals surface area contributed by atoms with Crippen molar-refractivity contribution in [1.29, 1.82) is 0 Å². The van der Waals surface area contributed by atoms with Gasteiger partial charge in [0, 0.05) is 5.56 Å². The fraction of sp³-hybridized carbons (Fsp3) is 0.125. The molecule has 0 aliphatic heterocycles. The van der Waals surface area contributed by atoms with Crippen LogP contribution >= 0.6 is 15.9 Å². The smallest absolute Gasteiger partial charge is 0.506 e. The Morgan fingerprint density at radius 3 is 2.56 bits per heavy atom. The van der Waals surface area contributed by atoms with Crippen molar-refractivity contribution >= 4 is 22.1 Å². The molecule has 16 heavy (non-hydrogen) atoms. The second-order valence-corrected chi connectivity index (χ2v) is 3.52. The number of aromatic hydroxyl groups is 1. The highest BCUT2D eigenvalue weighted by atomic mass is 79.9. The van der Waals surface area contributed by atoms with Crippen LogP contribution in [-0.4, -0.2) is 17.7 Å². The molecule has 0 aliphatic carbocycles. The molecule has 4 nitrogen and oxygen atoms in total. The van der Waals surface area contributed by atoms with Crippen LogP contribution in [0, 0.1) is 0 Å². The molecule has 8 heteroatoms. The van der Waals surface area contributed by atoms with Crippen molar-refractivity contribution in [2.45, 2.75) is 6.36 Å². The van der Waals surface area contributed by atoms with Gasteiger partial charge in [-0.1, -0.05) is 0 Å². The lowest BCUT2D eigenvalue weighted by molar-refractivity contribution is -0.274. The molecule has 1 aromatic rings. The van der Waals surface area contributed by atoms with Gasteiger partial charge in [-0.05, 0) is 28.1 Å². The molecular formula is C8H6BrF3N2O2. The van der Waals surface area contributed by atoms with Crippen molar-refractivity contribution in [1.82, 2.24) is 0 Å². The maximum absolute atomic E-state index is 11.9. The predicted octanol–water partition coefficient (Wildman–Crippen LogP) is 2.35. The Morgan fingerprint density at radius 1 is 1.44 bits per heavy atom. The molecule has 0 saturated carbocycles. The van der Waals surface area contributed by atoms with Crippen molar-refractivity contribution in [2.24, 2.45) is 10.9 Å². The van der Waals surface area contributed by atoms with E-state index in [0.29, 0.717) is 0 Å². The molecule has 0 aliphatic rings. The van der Waals surface area contributed by atoms with Gasteiger partial charge in [0.05, 0.1) is 10.7 Å². The van der Waals surface area contributed by atoms with Crippen LogP contribution in [0.5, 0.6) is 11.5 Å². The number of nitrogens with two attached hydrogens (primary N) is 1. The van der Waals surface area contributed by atoms with Crippen LogP contribution in [0.15, 0.2) is 21.7 Å². The molecule has 0 amide bonds. The Morgan fingerprint density at radius 2 is 2.06 bits per heavy atom. The fourth-order valence-electron chi connectivity index (χ4n) is 0.966. The molecule has 1 rings (SSSR count). The highest BCUT2D eigenvalue weighted by molar-refractivity contribution is 9.10. The first kappa shape index (κ1) is 12.6. The predicted molar refractivity (Wildman–Crippen MR) is 54.3 cm³/mol. The van der Waals surface area contributed by atoms with Gasteiger partial charge in [-0.15, -0.1) is 13.2 Å². The first-order chi connectivity index (χ1) is 7.33. The largest absolute Gasteiger partial charge is 0.573 e. The number of benzene rings is 1. The van der Waals surface area contributed by atoms with E-state index in [1.165, 1.54) is 0 Å². The summed E-state index contributed by atoms with van der Waals surface area (Å²) in [4.78, 5) is 0. The van der Waals surface area contributed by atoms with E-state index in [9.17, 15) is 18.3 Å². The van der Waals surface area contributed by atoms with Crippen LogP contribution in [0.3, 0.4) is 0 Å². The maximum Gasteiger partial charge on any atom is 0.573 e. The van der Waals surface area contributed by atoms with Crippen molar-refractivity contribution in [3.63, 3.8) is 0 Å². The second-order valence-electron chi connectivity index (χ2n) is 2.67. The van der Waals surface area contributed by atoms with Gasteiger partial charge < -0.3 is 15.7 Å². The SMILES string of the molecule is NN=Cc1cc(OC(F)(F)F)cc(Br)c1O. The molecule has 0 radical (unpaired) electrons. The van der Waals surface area contributed by atoms with Crippen LogP contribution in [0.2, 0.25) is 0 Å². The van der Waals surface area contributed by atoms with E-state index in [1.54, 1.807) is 0 Å². The Bertz CT molecular complexity index is 420. The van der Waals surface area contributed by atoms with Gasteiger partial charge >= 0.3 is 6.36 Å². The van der Waals surface area contributed by atoms with Crippen LogP contribution in [0.1, 0.15) is 5.56 Å². The number of ether oxygens (including phenoxy) is 1. The van der Waals surface area contributed by atoms with Crippen LogP contribution < -0.4 is 10.6 Å². The van der Waals surface area contributed by atoms with Crippen molar-refractivity contribution < 1.29 is 23.0 Å². The van der Waals surface area contributed by atoms with Crippen LogP contribution in [0.4, 0.5) is 13.2 Å². The summed E-state index contributed by atoms with van der Waals surface area (Å²) in [7, 11) is 0. The summed E-state index contributed by atoms with van der Waals surface area (Å²) in [5, 5.41) is 12.5. The summed E-state index contributed by atoms with van der Waals surface area (Å²) in [5.41, 5.74) is 0.0103. The quantitative estimate of drug-likeness (QED) is 0.500.